The van der Waals surface area contributed by atoms with Gasteiger partial charge in [0.15, 0.2) is 6.23 Å². The molecule has 0 saturated heterocycles. The van der Waals surface area contributed by atoms with E-state index in [4.69, 9.17) is 4.74 Å². The standard InChI is InChI=1S/C15H14BrNO/c1-4-13-9(2)18-10(3)17-14-6-5-12(16)7-11(14)8-15(13)17/h4-8,10H,1H2,2-3H3. The van der Waals surface area contributed by atoms with E-state index >= 15 is 0 Å². The summed E-state index contributed by atoms with van der Waals surface area (Å²) in [6.07, 6.45) is 1.88. The molecule has 2 aromatic rings. The number of aromatic nitrogens is 1. The fourth-order valence-electron chi connectivity index (χ4n) is 2.61. The second-order valence-corrected chi connectivity index (χ2v) is 5.41. The lowest BCUT2D eigenvalue weighted by atomic mass is 10.1. The number of benzene rings is 1. The lowest BCUT2D eigenvalue weighted by Crippen LogP contribution is -2.16. The maximum Gasteiger partial charge on any atom is 0.173 e. The number of ether oxygens (including phenoxy) is 1. The van der Waals surface area contributed by atoms with E-state index in [2.05, 4.69) is 58.3 Å². The van der Waals surface area contributed by atoms with Crippen LogP contribution in [0.3, 0.4) is 0 Å². The van der Waals surface area contributed by atoms with Crippen molar-refractivity contribution in [3.63, 3.8) is 0 Å². The molecule has 0 saturated carbocycles. The van der Waals surface area contributed by atoms with E-state index in [1.165, 1.54) is 16.6 Å². The Labute approximate surface area is 115 Å². The molecule has 0 radical (unpaired) electrons. The summed E-state index contributed by atoms with van der Waals surface area (Å²) in [5, 5.41) is 1.21. The number of allylic oxidation sites excluding steroid dienone is 3. The van der Waals surface area contributed by atoms with Gasteiger partial charge in [-0.15, -0.1) is 0 Å². The molecule has 0 bridgehead atoms. The molecule has 1 aliphatic rings. The Morgan fingerprint density at radius 3 is 2.89 bits per heavy atom. The van der Waals surface area contributed by atoms with Crippen LogP contribution in [0.4, 0.5) is 0 Å². The zero-order valence-corrected chi connectivity index (χ0v) is 12.0. The van der Waals surface area contributed by atoms with Gasteiger partial charge in [-0.3, -0.25) is 0 Å². The van der Waals surface area contributed by atoms with Crippen molar-refractivity contribution in [2.45, 2.75) is 20.1 Å². The van der Waals surface area contributed by atoms with Crippen molar-refractivity contribution in [3.8, 4) is 0 Å². The zero-order chi connectivity index (χ0) is 12.9. The number of fused-ring (bicyclic) bond motifs is 3. The summed E-state index contributed by atoms with van der Waals surface area (Å²) in [6, 6.07) is 8.49. The van der Waals surface area contributed by atoms with Crippen molar-refractivity contribution in [3.05, 3.63) is 52.8 Å². The number of halogens is 1. The Morgan fingerprint density at radius 1 is 1.39 bits per heavy atom. The molecule has 1 aromatic carbocycles. The second kappa shape index (κ2) is 4.02. The summed E-state index contributed by atoms with van der Waals surface area (Å²) < 4.78 is 9.18. The average Bonchev–Trinajstić information content (AvgIpc) is 2.67. The highest BCUT2D eigenvalue weighted by Crippen LogP contribution is 2.37. The first kappa shape index (κ1) is 11.6. The third-order valence-corrected chi connectivity index (χ3v) is 3.86. The van der Waals surface area contributed by atoms with E-state index in [1.54, 1.807) is 0 Å². The van der Waals surface area contributed by atoms with Crippen LogP contribution in [0, 0.1) is 0 Å². The van der Waals surface area contributed by atoms with Gasteiger partial charge in [-0.2, -0.15) is 0 Å². The first-order valence-electron chi connectivity index (χ1n) is 5.92. The van der Waals surface area contributed by atoms with Crippen molar-refractivity contribution in [1.29, 1.82) is 0 Å². The lowest BCUT2D eigenvalue weighted by Gasteiger charge is -2.27. The van der Waals surface area contributed by atoms with Crippen molar-refractivity contribution >= 4 is 32.4 Å². The van der Waals surface area contributed by atoms with Crippen LogP contribution in [0.1, 0.15) is 25.8 Å². The topological polar surface area (TPSA) is 14.2 Å². The summed E-state index contributed by atoms with van der Waals surface area (Å²) in [6.45, 7) is 7.94. The van der Waals surface area contributed by atoms with Crippen molar-refractivity contribution < 1.29 is 4.74 Å². The highest BCUT2D eigenvalue weighted by molar-refractivity contribution is 9.10. The van der Waals surface area contributed by atoms with E-state index < -0.39 is 0 Å². The first-order chi connectivity index (χ1) is 8.61. The quantitative estimate of drug-likeness (QED) is 0.733. The van der Waals surface area contributed by atoms with Crippen molar-refractivity contribution in [2.24, 2.45) is 0 Å². The van der Waals surface area contributed by atoms with E-state index in [-0.39, 0.29) is 6.23 Å². The molecule has 3 rings (SSSR count). The molecule has 1 aromatic heterocycles. The van der Waals surface area contributed by atoms with Crippen LogP contribution < -0.4 is 0 Å². The second-order valence-electron chi connectivity index (χ2n) is 4.49. The molecule has 3 heteroatoms. The SMILES string of the molecule is C=CC1=C(C)OC(C)n2c1cc1cc(Br)ccc12. The maximum atomic E-state index is 5.87. The predicted molar refractivity (Wildman–Crippen MR) is 78.2 cm³/mol. The highest BCUT2D eigenvalue weighted by atomic mass is 79.9. The molecule has 1 aliphatic heterocycles. The predicted octanol–water partition coefficient (Wildman–Crippen LogP) is 4.87. The summed E-state index contributed by atoms with van der Waals surface area (Å²) >= 11 is 3.51. The van der Waals surface area contributed by atoms with Crippen LogP contribution in [0.5, 0.6) is 0 Å². The summed E-state index contributed by atoms with van der Waals surface area (Å²) in [4.78, 5) is 0. The smallest absolute Gasteiger partial charge is 0.173 e. The Hall–Kier alpha value is -1.48. The van der Waals surface area contributed by atoms with Gasteiger partial charge in [0.1, 0.15) is 5.76 Å². The molecular weight excluding hydrogens is 290 g/mol. The van der Waals surface area contributed by atoms with E-state index in [0.717, 1.165) is 15.8 Å². The maximum absolute atomic E-state index is 5.87. The zero-order valence-electron chi connectivity index (χ0n) is 10.4. The van der Waals surface area contributed by atoms with Gasteiger partial charge in [-0.25, -0.2) is 0 Å². The Kier molecular flexibility index (Phi) is 2.59. The molecule has 0 fully saturated rings. The first-order valence-corrected chi connectivity index (χ1v) is 6.72. The third-order valence-electron chi connectivity index (χ3n) is 3.37. The van der Waals surface area contributed by atoms with Gasteiger partial charge >= 0.3 is 0 Å². The molecule has 2 heterocycles. The van der Waals surface area contributed by atoms with Gasteiger partial charge in [0, 0.05) is 15.4 Å². The summed E-state index contributed by atoms with van der Waals surface area (Å²) in [5.74, 6) is 0.937. The van der Waals surface area contributed by atoms with Crippen LogP contribution in [0.2, 0.25) is 0 Å². The van der Waals surface area contributed by atoms with E-state index in [1.807, 2.05) is 13.0 Å². The fourth-order valence-corrected chi connectivity index (χ4v) is 2.99. The fraction of sp³-hybridized carbons (Fsp3) is 0.200. The van der Waals surface area contributed by atoms with Crippen molar-refractivity contribution in [2.75, 3.05) is 0 Å². The molecule has 0 aliphatic carbocycles. The van der Waals surface area contributed by atoms with Crippen LogP contribution in [0.25, 0.3) is 16.5 Å². The van der Waals surface area contributed by atoms with Crippen LogP contribution >= 0.6 is 15.9 Å². The molecule has 2 nitrogen and oxygen atoms in total. The minimum Gasteiger partial charge on any atom is -0.474 e. The highest BCUT2D eigenvalue weighted by Gasteiger charge is 2.23. The number of hydrogen-bond donors (Lipinski definition) is 0. The molecule has 0 N–H and O–H groups in total. The molecule has 0 amide bonds. The number of hydrogen-bond acceptors (Lipinski definition) is 1. The van der Waals surface area contributed by atoms with Crippen molar-refractivity contribution in [1.82, 2.24) is 4.57 Å². The Bertz CT molecular complexity index is 681. The van der Waals surface area contributed by atoms with Gasteiger partial charge in [0.2, 0.25) is 0 Å². The van der Waals surface area contributed by atoms with Gasteiger partial charge in [-0.05, 0) is 38.1 Å². The minimum absolute atomic E-state index is 0.0161. The number of rotatable bonds is 1. The van der Waals surface area contributed by atoms with Gasteiger partial charge in [0.05, 0.1) is 11.2 Å². The molecule has 92 valence electrons. The Morgan fingerprint density at radius 2 is 2.17 bits per heavy atom. The van der Waals surface area contributed by atoms with Gasteiger partial charge in [0.25, 0.3) is 0 Å². The Balaban J connectivity index is 2.38. The third kappa shape index (κ3) is 1.54. The molecule has 1 unspecified atom stereocenters. The van der Waals surface area contributed by atoms with Gasteiger partial charge < -0.3 is 9.30 Å². The summed E-state index contributed by atoms with van der Waals surface area (Å²) in [5.41, 5.74) is 3.43. The minimum atomic E-state index is 0.0161. The van der Waals surface area contributed by atoms with Gasteiger partial charge in [-0.1, -0.05) is 28.6 Å². The molecule has 0 spiro atoms. The van der Waals surface area contributed by atoms with E-state index in [0.29, 0.717) is 0 Å². The normalized spacial score (nSPS) is 18.7. The largest absolute Gasteiger partial charge is 0.474 e. The van der Waals surface area contributed by atoms with Crippen LogP contribution in [-0.4, -0.2) is 4.57 Å². The average molecular weight is 304 g/mol. The molecule has 1 atom stereocenters. The van der Waals surface area contributed by atoms with E-state index in [9.17, 15) is 0 Å². The lowest BCUT2D eigenvalue weighted by molar-refractivity contribution is 0.0718. The monoisotopic (exact) mass is 303 g/mol. The number of nitrogens with zero attached hydrogens (tertiary/aromatic N) is 1. The molecular formula is C15H14BrNO. The molecule has 18 heavy (non-hydrogen) atoms. The summed E-state index contributed by atoms with van der Waals surface area (Å²) in [7, 11) is 0. The van der Waals surface area contributed by atoms with Crippen LogP contribution in [0.15, 0.2) is 47.2 Å². The van der Waals surface area contributed by atoms with Crippen LogP contribution in [-0.2, 0) is 4.74 Å².